The SMILES string of the molecule is COc1ccc([C@@H](C)NC(=O)NCC2(SC)CC2)cc1F. The van der Waals surface area contributed by atoms with Crippen molar-refractivity contribution in [2.24, 2.45) is 0 Å². The summed E-state index contributed by atoms with van der Waals surface area (Å²) in [4.78, 5) is 11.9. The molecule has 0 saturated heterocycles. The van der Waals surface area contributed by atoms with Crippen molar-refractivity contribution in [2.45, 2.75) is 30.6 Å². The second-order valence-electron chi connectivity index (χ2n) is 5.33. The van der Waals surface area contributed by atoms with Crippen molar-refractivity contribution < 1.29 is 13.9 Å². The second-order valence-corrected chi connectivity index (χ2v) is 6.60. The van der Waals surface area contributed by atoms with E-state index in [1.54, 1.807) is 23.9 Å². The molecule has 0 unspecified atom stereocenters. The lowest BCUT2D eigenvalue weighted by atomic mass is 10.1. The Morgan fingerprint density at radius 1 is 1.52 bits per heavy atom. The molecule has 0 heterocycles. The van der Waals surface area contributed by atoms with E-state index in [0.717, 1.165) is 12.8 Å². The highest BCUT2D eigenvalue weighted by Gasteiger charge is 2.41. The largest absolute Gasteiger partial charge is 0.494 e. The minimum absolute atomic E-state index is 0.200. The number of nitrogens with one attached hydrogen (secondary N) is 2. The summed E-state index contributed by atoms with van der Waals surface area (Å²) in [5.74, 6) is -0.227. The smallest absolute Gasteiger partial charge is 0.315 e. The molecule has 1 fully saturated rings. The van der Waals surface area contributed by atoms with Crippen LogP contribution in [0.25, 0.3) is 0 Å². The van der Waals surface area contributed by atoms with Crippen LogP contribution in [0.15, 0.2) is 18.2 Å². The highest BCUT2D eigenvalue weighted by Crippen LogP contribution is 2.46. The highest BCUT2D eigenvalue weighted by atomic mass is 32.2. The van der Waals surface area contributed by atoms with E-state index < -0.39 is 5.82 Å². The number of rotatable bonds is 6. The van der Waals surface area contributed by atoms with E-state index >= 15 is 0 Å². The van der Waals surface area contributed by atoms with Crippen LogP contribution in [0, 0.1) is 5.82 Å². The number of ether oxygens (including phenoxy) is 1. The first kappa shape index (κ1) is 15.9. The fourth-order valence-electron chi connectivity index (χ4n) is 2.12. The average molecular weight is 312 g/mol. The monoisotopic (exact) mass is 312 g/mol. The third-order valence-corrected chi connectivity index (χ3v) is 5.25. The van der Waals surface area contributed by atoms with Crippen molar-refractivity contribution in [1.82, 2.24) is 10.6 Å². The van der Waals surface area contributed by atoms with E-state index in [4.69, 9.17) is 4.74 Å². The van der Waals surface area contributed by atoms with Gasteiger partial charge in [0.15, 0.2) is 11.6 Å². The van der Waals surface area contributed by atoms with Crippen LogP contribution in [0.2, 0.25) is 0 Å². The maximum absolute atomic E-state index is 13.7. The zero-order valence-electron chi connectivity index (χ0n) is 12.5. The van der Waals surface area contributed by atoms with Crippen molar-refractivity contribution >= 4 is 17.8 Å². The molecule has 116 valence electrons. The predicted octanol–water partition coefficient (Wildman–Crippen LogP) is 3.09. The van der Waals surface area contributed by atoms with Crippen LogP contribution >= 0.6 is 11.8 Å². The normalized spacial score (nSPS) is 17.0. The maximum Gasteiger partial charge on any atom is 0.315 e. The first-order valence-corrected chi connectivity index (χ1v) is 8.15. The summed E-state index contributed by atoms with van der Waals surface area (Å²) < 4.78 is 18.8. The zero-order chi connectivity index (χ0) is 15.5. The molecule has 6 heteroatoms. The van der Waals surface area contributed by atoms with Crippen molar-refractivity contribution in [1.29, 1.82) is 0 Å². The summed E-state index contributed by atoms with van der Waals surface area (Å²) in [5, 5.41) is 5.70. The van der Waals surface area contributed by atoms with Gasteiger partial charge in [-0.15, -0.1) is 0 Å². The van der Waals surface area contributed by atoms with Crippen molar-refractivity contribution in [3.63, 3.8) is 0 Å². The minimum Gasteiger partial charge on any atom is -0.494 e. The van der Waals surface area contributed by atoms with Crippen molar-refractivity contribution in [3.05, 3.63) is 29.6 Å². The Balaban J connectivity index is 1.87. The number of carbonyl (C=O) groups is 1. The third kappa shape index (κ3) is 4.03. The quantitative estimate of drug-likeness (QED) is 0.848. The summed E-state index contributed by atoms with van der Waals surface area (Å²) in [5.41, 5.74) is 0.703. The van der Waals surface area contributed by atoms with Crippen molar-refractivity contribution in [2.75, 3.05) is 19.9 Å². The molecule has 21 heavy (non-hydrogen) atoms. The topological polar surface area (TPSA) is 50.4 Å². The van der Waals surface area contributed by atoms with Gasteiger partial charge in [0, 0.05) is 11.3 Å². The van der Waals surface area contributed by atoms with Gasteiger partial charge in [-0.2, -0.15) is 11.8 Å². The number of thioether (sulfide) groups is 1. The first-order chi connectivity index (χ1) is 9.99. The van der Waals surface area contributed by atoms with Crippen LogP contribution in [0.1, 0.15) is 31.4 Å². The van der Waals surface area contributed by atoms with Crippen LogP contribution in [0.5, 0.6) is 5.75 Å². The number of halogens is 1. The van der Waals surface area contributed by atoms with Crippen LogP contribution in [-0.2, 0) is 0 Å². The number of urea groups is 1. The molecule has 1 aromatic carbocycles. The molecule has 2 rings (SSSR count). The Morgan fingerprint density at radius 2 is 2.24 bits per heavy atom. The van der Waals surface area contributed by atoms with Gasteiger partial charge in [-0.1, -0.05) is 6.07 Å². The lowest BCUT2D eigenvalue weighted by Gasteiger charge is -2.18. The summed E-state index contributed by atoms with van der Waals surface area (Å²) in [6.45, 7) is 2.49. The Kier molecular flexibility index (Phi) is 4.98. The van der Waals surface area contributed by atoms with E-state index in [0.29, 0.717) is 12.1 Å². The molecule has 0 aromatic heterocycles. The number of benzene rings is 1. The number of methoxy groups -OCH3 is 1. The van der Waals surface area contributed by atoms with Crippen molar-refractivity contribution in [3.8, 4) is 5.75 Å². The van der Waals surface area contributed by atoms with Gasteiger partial charge in [-0.25, -0.2) is 9.18 Å². The van der Waals surface area contributed by atoms with Gasteiger partial charge in [-0.3, -0.25) is 0 Å². The molecule has 1 saturated carbocycles. The number of amides is 2. The Morgan fingerprint density at radius 3 is 2.76 bits per heavy atom. The van der Waals surface area contributed by atoms with Gasteiger partial charge in [0.2, 0.25) is 0 Å². The molecule has 1 atom stereocenters. The summed E-state index contributed by atoms with van der Waals surface area (Å²) >= 11 is 1.80. The molecule has 1 aliphatic carbocycles. The zero-order valence-corrected chi connectivity index (χ0v) is 13.3. The van der Waals surface area contributed by atoms with E-state index in [9.17, 15) is 9.18 Å². The molecule has 2 amide bonds. The van der Waals surface area contributed by atoms with Crippen LogP contribution < -0.4 is 15.4 Å². The molecule has 0 bridgehead atoms. The minimum atomic E-state index is -0.427. The Labute approximate surface area is 128 Å². The Bertz CT molecular complexity index is 520. The van der Waals surface area contributed by atoms with Crippen LogP contribution in [-0.4, -0.2) is 30.7 Å². The van der Waals surface area contributed by atoms with E-state index in [2.05, 4.69) is 16.9 Å². The molecule has 2 N–H and O–H groups in total. The van der Waals surface area contributed by atoms with Crippen LogP contribution in [0.3, 0.4) is 0 Å². The summed E-state index contributed by atoms with van der Waals surface area (Å²) in [6, 6.07) is 4.20. The van der Waals surface area contributed by atoms with Gasteiger partial charge in [0.25, 0.3) is 0 Å². The van der Waals surface area contributed by atoms with Crippen LogP contribution in [0.4, 0.5) is 9.18 Å². The van der Waals surface area contributed by atoms with Gasteiger partial charge in [0.05, 0.1) is 13.2 Å². The third-order valence-electron chi connectivity index (χ3n) is 3.84. The average Bonchev–Trinajstić information content (AvgIpc) is 3.25. The summed E-state index contributed by atoms with van der Waals surface area (Å²) in [7, 11) is 1.42. The standard InChI is InChI=1S/C15H21FN2O2S/c1-10(11-4-5-13(20-2)12(16)8-11)18-14(19)17-9-15(21-3)6-7-15/h4-5,8,10H,6-7,9H2,1-3H3,(H2,17,18,19)/t10-/m1/s1. The number of hydrogen-bond acceptors (Lipinski definition) is 3. The summed E-state index contributed by atoms with van der Waals surface area (Å²) in [6.07, 6.45) is 4.36. The molecule has 0 radical (unpaired) electrons. The molecular formula is C15H21FN2O2S. The lowest BCUT2D eigenvalue weighted by molar-refractivity contribution is 0.237. The lowest BCUT2D eigenvalue weighted by Crippen LogP contribution is -2.40. The second kappa shape index (κ2) is 6.56. The molecule has 1 aromatic rings. The van der Waals surface area contributed by atoms with E-state index in [1.807, 2.05) is 6.92 Å². The molecular weight excluding hydrogens is 291 g/mol. The molecule has 4 nitrogen and oxygen atoms in total. The maximum atomic E-state index is 13.7. The fraction of sp³-hybridized carbons (Fsp3) is 0.533. The molecule has 0 spiro atoms. The molecule has 0 aliphatic heterocycles. The number of carbonyl (C=O) groups excluding carboxylic acids is 1. The van der Waals surface area contributed by atoms with E-state index in [1.165, 1.54) is 13.2 Å². The van der Waals surface area contributed by atoms with Gasteiger partial charge in [-0.05, 0) is 43.7 Å². The predicted molar refractivity (Wildman–Crippen MR) is 83.4 cm³/mol. The molecule has 1 aliphatic rings. The van der Waals surface area contributed by atoms with Gasteiger partial charge >= 0.3 is 6.03 Å². The fourth-order valence-corrected chi connectivity index (χ4v) is 2.84. The highest BCUT2D eigenvalue weighted by molar-refractivity contribution is 8.00. The Hall–Kier alpha value is -1.43. The van der Waals surface area contributed by atoms with Gasteiger partial charge in [0.1, 0.15) is 0 Å². The van der Waals surface area contributed by atoms with Gasteiger partial charge < -0.3 is 15.4 Å². The van der Waals surface area contributed by atoms with E-state index in [-0.39, 0.29) is 22.6 Å². The first-order valence-electron chi connectivity index (χ1n) is 6.92. The number of hydrogen-bond donors (Lipinski definition) is 2.